The number of carbonyl (C=O) groups is 3. The summed E-state index contributed by atoms with van der Waals surface area (Å²) < 4.78 is 11.0. The predicted molar refractivity (Wildman–Crippen MR) is 110 cm³/mol. The van der Waals surface area contributed by atoms with E-state index in [4.69, 9.17) is 9.47 Å². The van der Waals surface area contributed by atoms with E-state index < -0.39 is 29.9 Å². The van der Waals surface area contributed by atoms with Crippen LogP contribution in [0.4, 0.5) is 10.5 Å². The second kappa shape index (κ2) is 8.12. The standard InChI is InChI=1S/C20H20BrN3O5/c1-20(15-6-4-5-7-16(15)21)18(26)24(19(27)23-20)11-17(25)22-12-8-13(28-2)10-14(9-12)29-3/h4-10H,11H2,1-3H3,(H,22,25)(H,23,27). The molecule has 0 spiro atoms. The highest BCUT2D eigenvalue weighted by molar-refractivity contribution is 9.10. The average molecular weight is 462 g/mol. The lowest BCUT2D eigenvalue weighted by molar-refractivity contribution is -0.133. The van der Waals surface area contributed by atoms with Gasteiger partial charge in [-0.15, -0.1) is 0 Å². The van der Waals surface area contributed by atoms with Crippen molar-refractivity contribution in [2.45, 2.75) is 12.5 Å². The average Bonchev–Trinajstić information content (AvgIpc) is 2.91. The smallest absolute Gasteiger partial charge is 0.325 e. The molecule has 1 heterocycles. The molecular weight excluding hydrogens is 442 g/mol. The van der Waals surface area contributed by atoms with Gasteiger partial charge in [-0.2, -0.15) is 0 Å². The van der Waals surface area contributed by atoms with Gasteiger partial charge in [0.25, 0.3) is 5.91 Å². The number of carbonyl (C=O) groups excluding carboxylic acids is 3. The molecule has 0 aromatic heterocycles. The third kappa shape index (κ3) is 4.04. The summed E-state index contributed by atoms with van der Waals surface area (Å²) in [6, 6.07) is 11.4. The Morgan fingerprint density at radius 2 is 1.76 bits per heavy atom. The molecule has 0 bridgehead atoms. The Balaban J connectivity index is 1.77. The Hall–Kier alpha value is -3.07. The molecule has 8 nitrogen and oxygen atoms in total. The number of hydrogen-bond acceptors (Lipinski definition) is 5. The van der Waals surface area contributed by atoms with Crippen LogP contribution in [0.3, 0.4) is 0 Å². The monoisotopic (exact) mass is 461 g/mol. The normalized spacial score (nSPS) is 18.4. The highest BCUT2D eigenvalue weighted by atomic mass is 79.9. The predicted octanol–water partition coefficient (Wildman–Crippen LogP) is 2.87. The number of methoxy groups -OCH3 is 2. The summed E-state index contributed by atoms with van der Waals surface area (Å²) >= 11 is 3.41. The number of ether oxygens (including phenoxy) is 2. The topological polar surface area (TPSA) is 97.0 Å². The Bertz CT molecular complexity index is 958. The summed E-state index contributed by atoms with van der Waals surface area (Å²) in [5, 5.41) is 5.34. The van der Waals surface area contributed by atoms with Crippen molar-refractivity contribution in [3.63, 3.8) is 0 Å². The van der Waals surface area contributed by atoms with E-state index in [1.165, 1.54) is 14.2 Å². The fourth-order valence-electron chi connectivity index (χ4n) is 3.11. The van der Waals surface area contributed by atoms with Crippen LogP contribution in [-0.4, -0.2) is 43.5 Å². The molecule has 4 amide bonds. The number of nitrogens with zero attached hydrogens (tertiary/aromatic N) is 1. The van der Waals surface area contributed by atoms with E-state index in [9.17, 15) is 14.4 Å². The minimum absolute atomic E-state index is 0.423. The van der Waals surface area contributed by atoms with Crippen molar-refractivity contribution in [3.05, 3.63) is 52.5 Å². The van der Waals surface area contributed by atoms with Gasteiger partial charge in [-0.1, -0.05) is 34.1 Å². The van der Waals surface area contributed by atoms with Crippen LogP contribution in [-0.2, 0) is 15.1 Å². The first kappa shape index (κ1) is 20.7. The Labute approximate surface area is 176 Å². The van der Waals surface area contributed by atoms with Gasteiger partial charge in [-0.3, -0.25) is 14.5 Å². The molecule has 9 heteroatoms. The number of nitrogens with one attached hydrogen (secondary N) is 2. The van der Waals surface area contributed by atoms with E-state index in [2.05, 4.69) is 26.6 Å². The lowest BCUT2D eigenvalue weighted by Gasteiger charge is -2.23. The SMILES string of the molecule is COc1cc(NC(=O)CN2C(=O)NC(C)(c3ccccc3Br)C2=O)cc(OC)c1. The van der Waals surface area contributed by atoms with E-state index in [0.29, 0.717) is 27.2 Å². The molecule has 2 aromatic rings. The highest BCUT2D eigenvalue weighted by Gasteiger charge is 2.50. The van der Waals surface area contributed by atoms with Crippen molar-refractivity contribution >= 4 is 39.5 Å². The summed E-state index contributed by atoms with van der Waals surface area (Å²) in [5.74, 6) is -0.0414. The molecule has 3 rings (SSSR count). The molecule has 29 heavy (non-hydrogen) atoms. The lowest BCUT2D eigenvalue weighted by atomic mass is 9.92. The lowest BCUT2D eigenvalue weighted by Crippen LogP contribution is -2.42. The number of hydrogen-bond donors (Lipinski definition) is 2. The Morgan fingerprint density at radius 1 is 1.14 bits per heavy atom. The number of halogens is 1. The molecule has 2 aromatic carbocycles. The summed E-state index contributed by atoms with van der Waals surface area (Å²) in [7, 11) is 2.99. The minimum Gasteiger partial charge on any atom is -0.497 e. The van der Waals surface area contributed by atoms with E-state index >= 15 is 0 Å². The maximum Gasteiger partial charge on any atom is 0.325 e. The molecule has 2 N–H and O–H groups in total. The zero-order valence-corrected chi connectivity index (χ0v) is 17.7. The van der Waals surface area contributed by atoms with Gasteiger partial charge in [-0.25, -0.2) is 4.79 Å². The van der Waals surface area contributed by atoms with Crippen molar-refractivity contribution in [1.82, 2.24) is 10.2 Å². The minimum atomic E-state index is -1.27. The molecular formula is C20H20BrN3O5. The van der Waals surface area contributed by atoms with E-state index in [1.54, 1.807) is 43.3 Å². The molecule has 0 saturated carbocycles. The molecule has 1 aliphatic heterocycles. The molecule has 1 unspecified atom stereocenters. The second-order valence-corrected chi connectivity index (χ2v) is 7.43. The van der Waals surface area contributed by atoms with Crippen LogP contribution in [0.1, 0.15) is 12.5 Å². The van der Waals surface area contributed by atoms with E-state index in [1.807, 2.05) is 6.07 Å². The van der Waals surface area contributed by atoms with Crippen molar-refractivity contribution < 1.29 is 23.9 Å². The third-order valence-electron chi connectivity index (χ3n) is 4.62. The first-order valence-electron chi connectivity index (χ1n) is 8.70. The number of urea groups is 1. The van der Waals surface area contributed by atoms with Gasteiger partial charge in [0.05, 0.1) is 14.2 Å². The van der Waals surface area contributed by atoms with Crippen LogP contribution in [0, 0.1) is 0 Å². The van der Waals surface area contributed by atoms with Gasteiger partial charge in [-0.05, 0) is 13.0 Å². The number of anilines is 1. The summed E-state index contributed by atoms with van der Waals surface area (Å²) in [4.78, 5) is 38.8. The number of imide groups is 1. The number of rotatable bonds is 6. The van der Waals surface area contributed by atoms with E-state index in [-0.39, 0.29) is 0 Å². The first-order valence-corrected chi connectivity index (χ1v) is 9.50. The fraction of sp³-hybridized carbons (Fsp3) is 0.250. The van der Waals surface area contributed by atoms with Gasteiger partial charge < -0.3 is 20.1 Å². The summed E-state index contributed by atoms with van der Waals surface area (Å²) in [6.45, 7) is 1.18. The second-order valence-electron chi connectivity index (χ2n) is 6.58. The largest absolute Gasteiger partial charge is 0.497 e. The molecule has 0 aliphatic carbocycles. The van der Waals surface area contributed by atoms with Crippen LogP contribution in [0.5, 0.6) is 11.5 Å². The fourth-order valence-corrected chi connectivity index (χ4v) is 3.79. The molecule has 1 saturated heterocycles. The van der Waals surface area contributed by atoms with Gasteiger partial charge in [0.2, 0.25) is 5.91 Å². The van der Waals surface area contributed by atoms with E-state index in [0.717, 1.165) is 4.90 Å². The molecule has 0 radical (unpaired) electrons. The third-order valence-corrected chi connectivity index (χ3v) is 5.32. The number of amides is 4. The van der Waals surface area contributed by atoms with Crippen LogP contribution in [0.25, 0.3) is 0 Å². The molecule has 1 atom stereocenters. The molecule has 152 valence electrons. The van der Waals surface area contributed by atoms with Crippen molar-refractivity contribution in [1.29, 1.82) is 0 Å². The van der Waals surface area contributed by atoms with Crippen molar-refractivity contribution in [3.8, 4) is 11.5 Å². The Kier molecular flexibility index (Phi) is 5.78. The van der Waals surface area contributed by atoms with Gasteiger partial charge in [0.15, 0.2) is 0 Å². The van der Waals surface area contributed by atoms with Crippen molar-refractivity contribution in [2.75, 3.05) is 26.1 Å². The summed E-state index contributed by atoms with van der Waals surface area (Å²) in [6.07, 6.45) is 0. The highest BCUT2D eigenvalue weighted by Crippen LogP contribution is 2.33. The van der Waals surface area contributed by atoms with Gasteiger partial charge in [0, 0.05) is 33.9 Å². The van der Waals surface area contributed by atoms with Crippen LogP contribution >= 0.6 is 15.9 Å². The van der Waals surface area contributed by atoms with Crippen LogP contribution in [0.15, 0.2) is 46.9 Å². The first-order chi connectivity index (χ1) is 13.8. The maximum atomic E-state index is 13.0. The Morgan fingerprint density at radius 3 is 2.34 bits per heavy atom. The zero-order valence-electron chi connectivity index (χ0n) is 16.1. The van der Waals surface area contributed by atoms with Gasteiger partial charge in [0.1, 0.15) is 23.6 Å². The van der Waals surface area contributed by atoms with Crippen molar-refractivity contribution in [2.24, 2.45) is 0 Å². The van der Waals surface area contributed by atoms with Crippen LogP contribution in [0.2, 0.25) is 0 Å². The summed E-state index contributed by atoms with van der Waals surface area (Å²) in [5.41, 5.74) is -0.234. The van der Waals surface area contributed by atoms with Crippen LogP contribution < -0.4 is 20.1 Å². The zero-order chi connectivity index (χ0) is 21.2. The molecule has 1 aliphatic rings. The maximum absolute atomic E-state index is 13.0. The molecule has 1 fully saturated rings. The quantitative estimate of drug-likeness (QED) is 0.644. The van der Waals surface area contributed by atoms with Gasteiger partial charge >= 0.3 is 6.03 Å². The number of benzene rings is 2.